The topological polar surface area (TPSA) is 49.4 Å². The first-order valence-electron chi connectivity index (χ1n) is 7.40. The van der Waals surface area contributed by atoms with Crippen LogP contribution in [0.2, 0.25) is 0 Å². The molecular formula is C16H20N2O2. The van der Waals surface area contributed by atoms with Crippen molar-refractivity contribution in [1.29, 1.82) is 0 Å². The minimum atomic E-state index is 0.117. The fourth-order valence-corrected chi connectivity index (χ4v) is 2.55. The molecule has 1 heterocycles. The highest BCUT2D eigenvalue weighted by Gasteiger charge is 2.29. The van der Waals surface area contributed by atoms with E-state index in [9.17, 15) is 9.59 Å². The van der Waals surface area contributed by atoms with Crippen molar-refractivity contribution in [3.63, 3.8) is 0 Å². The molecule has 3 rings (SSSR count). The first kappa shape index (κ1) is 13.2. The van der Waals surface area contributed by atoms with Crippen molar-refractivity contribution >= 4 is 17.5 Å². The molecule has 1 aliphatic heterocycles. The van der Waals surface area contributed by atoms with Crippen molar-refractivity contribution in [3.8, 4) is 0 Å². The molecule has 4 nitrogen and oxygen atoms in total. The Hall–Kier alpha value is -1.84. The number of benzene rings is 1. The molecule has 106 valence electrons. The predicted molar refractivity (Wildman–Crippen MR) is 77.3 cm³/mol. The highest BCUT2D eigenvalue weighted by Crippen LogP contribution is 2.30. The molecule has 1 N–H and O–H groups in total. The lowest BCUT2D eigenvalue weighted by Crippen LogP contribution is -2.29. The van der Waals surface area contributed by atoms with E-state index in [-0.39, 0.29) is 17.7 Å². The van der Waals surface area contributed by atoms with Gasteiger partial charge in [-0.1, -0.05) is 12.1 Å². The van der Waals surface area contributed by atoms with Crippen LogP contribution < -0.4 is 5.32 Å². The van der Waals surface area contributed by atoms with Crippen LogP contribution in [0.15, 0.2) is 24.3 Å². The van der Waals surface area contributed by atoms with E-state index in [2.05, 4.69) is 5.32 Å². The summed E-state index contributed by atoms with van der Waals surface area (Å²) in [7, 11) is 0. The minimum absolute atomic E-state index is 0.117. The Morgan fingerprint density at radius 1 is 1.10 bits per heavy atom. The van der Waals surface area contributed by atoms with Crippen molar-refractivity contribution in [2.24, 2.45) is 5.92 Å². The molecule has 1 aromatic carbocycles. The maximum absolute atomic E-state index is 12.0. The van der Waals surface area contributed by atoms with Gasteiger partial charge in [0.1, 0.15) is 0 Å². The summed E-state index contributed by atoms with van der Waals surface area (Å²) in [6, 6.07) is 7.62. The average molecular weight is 272 g/mol. The molecule has 0 radical (unpaired) electrons. The van der Waals surface area contributed by atoms with Crippen molar-refractivity contribution in [3.05, 3.63) is 29.8 Å². The van der Waals surface area contributed by atoms with Gasteiger partial charge in [0.05, 0.1) is 6.42 Å². The number of carbonyl (C=O) groups is 2. The Morgan fingerprint density at radius 3 is 2.35 bits per heavy atom. The average Bonchev–Trinajstić information content (AvgIpc) is 3.16. The summed E-state index contributed by atoms with van der Waals surface area (Å²) < 4.78 is 0. The van der Waals surface area contributed by atoms with E-state index < -0.39 is 0 Å². The number of carbonyl (C=O) groups excluding carboxylic acids is 2. The lowest BCUT2D eigenvalue weighted by atomic mass is 10.1. The zero-order chi connectivity index (χ0) is 13.9. The van der Waals surface area contributed by atoms with Crippen LogP contribution >= 0.6 is 0 Å². The van der Waals surface area contributed by atoms with Crippen molar-refractivity contribution in [1.82, 2.24) is 4.90 Å². The van der Waals surface area contributed by atoms with Crippen molar-refractivity contribution in [2.75, 3.05) is 18.4 Å². The number of rotatable bonds is 4. The number of anilines is 1. The Balaban J connectivity index is 1.55. The van der Waals surface area contributed by atoms with Gasteiger partial charge in [0, 0.05) is 24.7 Å². The van der Waals surface area contributed by atoms with Gasteiger partial charge in [-0.3, -0.25) is 9.59 Å². The van der Waals surface area contributed by atoms with Gasteiger partial charge in [0.15, 0.2) is 0 Å². The third kappa shape index (κ3) is 3.18. The number of amides is 2. The van der Waals surface area contributed by atoms with Gasteiger partial charge in [-0.05, 0) is 43.4 Å². The van der Waals surface area contributed by atoms with Gasteiger partial charge >= 0.3 is 0 Å². The molecule has 1 saturated carbocycles. The van der Waals surface area contributed by atoms with E-state index in [0.29, 0.717) is 6.42 Å². The third-order valence-corrected chi connectivity index (χ3v) is 3.98. The van der Waals surface area contributed by atoms with E-state index in [0.717, 1.165) is 50.0 Å². The van der Waals surface area contributed by atoms with Crippen LogP contribution in [-0.4, -0.2) is 29.8 Å². The molecule has 2 aliphatic rings. The zero-order valence-electron chi connectivity index (χ0n) is 11.6. The second kappa shape index (κ2) is 5.65. The molecule has 0 bridgehead atoms. The van der Waals surface area contributed by atoms with Crippen molar-refractivity contribution < 1.29 is 9.59 Å². The van der Waals surface area contributed by atoms with Crippen LogP contribution in [0.1, 0.15) is 31.2 Å². The van der Waals surface area contributed by atoms with E-state index in [1.165, 1.54) is 0 Å². The summed E-state index contributed by atoms with van der Waals surface area (Å²) >= 11 is 0. The standard InChI is InChI=1S/C16H20N2O2/c19-15(18-9-1-2-10-18)11-12-3-7-14(8-4-12)17-16(20)13-5-6-13/h3-4,7-8,13H,1-2,5-6,9-11H2,(H,17,20). The monoisotopic (exact) mass is 272 g/mol. The Bertz CT molecular complexity index is 500. The Morgan fingerprint density at radius 2 is 1.75 bits per heavy atom. The Kier molecular flexibility index (Phi) is 3.72. The maximum Gasteiger partial charge on any atom is 0.227 e. The molecule has 2 amide bonds. The molecule has 20 heavy (non-hydrogen) atoms. The number of hydrogen-bond acceptors (Lipinski definition) is 2. The SMILES string of the molecule is O=C(Nc1ccc(CC(=O)N2CCCC2)cc1)C1CC1. The summed E-state index contributed by atoms with van der Waals surface area (Å²) in [5.41, 5.74) is 1.82. The molecule has 4 heteroatoms. The number of nitrogens with one attached hydrogen (secondary N) is 1. The molecule has 0 atom stereocenters. The van der Waals surface area contributed by atoms with Crippen molar-refractivity contribution in [2.45, 2.75) is 32.1 Å². The lowest BCUT2D eigenvalue weighted by Gasteiger charge is -2.15. The second-order valence-electron chi connectivity index (χ2n) is 5.73. The summed E-state index contributed by atoms with van der Waals surface area (Å²) in [5.74, 6) is 0.537. The van der Waals surface area contributed by atoms with Crippen LogP contribution in [0, 0.1) is 5.92 Å². The predicted octanol–water partition coefficient (Wildman–Crippen LogP) is 2.20. The molecule has 0 aromatic heterocycles. The highest BCUT2D eigenvalue weighted by molar-refractivity contribution is 5.94. The van der Waals surface area contributed by atoms with E-state index >= 15 is 0 Å². The fraction of sp³-hybridized carbons (Fsp3) is 0.500. The van der Waals surface area contributed by atoms with Gasteiger partial charge in [0.2, 0.25) is 11.8 Å². The first-order valence-corrected chi connectivity index (χ1v) is 7.40. The smallest absolute Gasteiger partial charge is 0.227 e. The lowest BCUT2D eigenvalue weighted by molar-refractivity contribution is -0.129. The van der Waals surface area contributed by atoms with E-state index in [1.54, 1.807) is 0 Å². The number of nitrogens with zero attached hydrogens (tertiary/aromatic N) is 1. The van der Waals surface area contributed by atoms with Crippen LogP contribution in [0.3, 0.4) is 0 Å². The largest absolute Gasteiger partial charge is 0.342 e. The number of hydrogen-bond donors (Lipinski definition) is 1. The normalized spacial score (nSPS) is 18.1. The van der Waals surface area contributed by atoms with Crippen LogP contribution in [0.4, 0.5) is 5.69 Å². The third-order valence-electron chi connectivity index (χ3n) is 3.98. The van der Waals surface area contributed by atoms with E-state index in [4.69, 9.17) is 0 Å². The van der Waals surface area contributed by atoms with Gasteiger partial charge < -0.3 is 10.2 Å². The summed E-state index contributed by atoms with van der Waals surface area (Å²) in [4.78, 5) is 25.6. The molecule has 2 fully saturated rings. The van der Waals surface area contributed by atoms with Gasteiger partial charge in [-0.15, -0.1) is 0 Å². The molecule has 0 unspecified atom stereocenters. The van der Waals surface area contributed by atoms with Gasteiger partial charge in [0.25, 0.3) is 0 Å². The van der Waals surface area contributed by atoms with Gasteiger partial charge in [-0.25, -0.2) is 0 Å². The van der Waals surface area contributed by atoms with Crippen LogP contribution in [-0.2, 0) is 16.0 Å². The van der Waals surface area contributed by atoms with Crippen LogP contribution in [0.25, 0.3) is 0 Å². The first-order chi connectivity index (χ1) is 9.72. The van der Waals surface area contributed by atoms with Gasteiger partial charge in [-0.2, -0.15) is 0 Å². The minimum Gasteiger partial charge on any atom is -0.342 e. The molecule has 1 aliphatic carbocycles. The zero-order valence-corrected chi connectivity index (χ0v) is 11.6. The summed E-state index contributed by atoms with van der Waals surface area (Å²) in [6.45, 7) is 1.79. The fourth-order valence-electron chi connectivity index (χ4n) is 2.55. The summed E-state index contributed by atoms with van der Waals surface area (Å²) in [5, 5.41) is 2.91. The highest BCUT2D eigenvalue weighted by atomic mass is 16.2. The number of likely N-dealkylation sites (tertiary alicyclic amines) is 1. The maximum atomic E-state index is 12.0. The summed E-state index contributed by atoms with van der Waals surface area (Å²) in [6.07, 6.45) is 4.72. The van der Waals surface area contributed by atoms with Crippen LogP contribution in [0.5, 0.6) is 0 Å². The quantitative estimate of drug-likeness (QED) is 0.913. The molecular weight excluding hydrogens is 252 g/mol. The van der Waals surface area contributed by atoms with E-state index in [1.807, 2.05) is 29.2 Å². The Labute approximate surface area is 119 Å². The molecule has 1 saturated heterocycles. The second-order valence-corrected chi connectivity index (χ2v) is 5.73. The molecule has 1 aromatic rings. The molecule has 0 spiro atoms.